The lowest BCUT2D eigenvalue weighted by Crippen LogP contribution is -2.14. The van der Waals surface area contributed by atoms with Gasteiger partial charge in [0.1, 0.15) is 0 Å². The van der Waals surface area contributed by atoms with Crippen LogP contribution in [0.5, 0.6) is 0 Å². The zero-order chi connectivity index (χ0) is 18.9. The van der Waals surface area contributed by atoms with Crippen LogP contribution in [0.1, 0.15) is 11.1 Å². The summed E-state index contributed by atoms with van der Waals surface area (Å²) in [5.41, 5.74) is 3.13. The number of hydrogen-bond donors (Lipinski definition) is 3. The molecule has 0 bridgehead atoms. The zero-order valence-corrected chi connectivity index (χ0v) is 15.1. The molecule has 0 unspecified atom stereocenters. The fourth-order valence-corrected chi connectivity index (χ4v) is 4.10. The van der Waals surface area contributed by atoms with Crippen LogP contribution in [0, 0.1) is 0 Å². The standard InChI is InChI=1S/C20H17N3O3S/c24-20-21-18-11-10-16(13-19(18)22-20)27(25,26)23-17-9-5-4-8-15(17)12-14-6-2-1-3-7-14/h1-11,13,23H,12H2,(H2,21,22,24). The lowest BCUT2D eigenvalue weighted by Gasteiger charge is -2.13. The first-order valence-electron chi connectivity index (χ1n) is 8.38. The third kappa shape index (κ3) is 3.63. The van der Waals surface area contributed by atoms with Gasteiger partial charge in [-0.05, 0) is 41.8 Å². The van der Waals surface area contributed by atoms with Gasteiger partial charge in [0.15, 0.2) is 0 Å². The Kier molecular flexibility index (Phi) is 4.29. The Morgan fingerprint density at radius 3 is 2.33 bits per heavy atom. The smallest absolute Gasteiger partial charge is 0.306 e. The summed E-state index contributed by atoms with van der Waals surface area (Å²) in [7, 11) is -3.80. The van der Waals surface area contributed by atoms with Crippen molar-refractivity contribution in [3.05, 3.63) is 94.4 Å². The molecule has 1 aromatic heterocycles. The number of rotatable bonds is 5. The van der Waals surface area contributed by atoms with Crippen molar-refractivity contribution in [3.8, 4) is 0 Å². The number of aromatic nitrogens is 2. The third-order valence-corrected chi connectivity index (χ3v) is 5.66. The van der Waals surface area contributed by atoms with Crippen molar-refractivity contribution in [2.75, 3.05) is 4.72 Å². The van der Waals surface area contributed by atoms with Gasteiger partial charge in [0.2, 0.25) is 0 Å². The van der Waals surface area contributed by atoms with Gasteiger partial charge in [-0.1, -0.05) is 48.5 Å². The van der Waals surface area contributed by atoms with Crippen LogP contribution >= 0.6 is 0 Å². The Labute approximate surface area is 155 Å². The molecule has 0 atom stereocenters. The zero-order valence-electron chi connectivity index (χ0n) is 14.3. The molecular formula is C20H17N3O3S. The lowest BCUT2D eigenvalue weighted by atomic mass is 10.0. The normalized spacial score (nSPS) is 11.6. The van der Waals surface area contributed by atoms with E-state index in [0.29, 0.717) is 23.1 Å². The Morgan fingerprint density at radius 2 is 1.52 bits per heavy atom. The van der Waals surface area contributed by atoms with Crippen molar-refractivity contribution in [2.24, 2.45) is 0 Å². The van der Waals surface area contributed by atoms with E-state index in [-0.39, 0.29) is 10.6 Å². The molecule has 0 saturated carbocycles. The van der Waals surface area contributed by atoms with Crippen molar-refractivity contribution in [3.63, 3.8) is 0 Å². The van der Waals surface area contributed by atoms with Gasteiger partial charge in [0.05, 0.1) is 21.6 Å². The third-order valence-electron chi connectivity index (χ3n) is 4.30. The number of imidazole rings is 1. The first-order chi connectivity index (χ1) is 13.0. The second-order valence-electron chi connectivity index (χ2n) is 6.21. The molecular weight excluding hydrogens is 362 g/mol. The van der Waals surface area contributed by atoms with E-state index in [1.54, 1.807) is 18.2 Å². The Hall–Kier alpha value is -3.32. The summed E-state index contributed by atoms with van der Waals surface area (Å²) in [6.45, 7) is 0. The highest BCUT2D eigenvalue weighted by atomic mass is 32.2. The van der Waals surface area contributed by atoms with Gasteiger partial charge in [-0.25, -0.2) is 13.2 Å². The summed E-state index contributed by atoms with van der Waals surface area (Å²) >= 11 is 0. The molecule has 4 aromatic rings. The predicted molar refractivity (Wildman–Crippen MR) is 105 cm³/mol. The highest BCUT2D eigenvalue weighted by molar-refractivity contribution is 7.92. The summed E-state index contributed by atoms with van der Waals surface area (Å²) < 4.78 is 28.4. The maximum absolute atomic E-state index is 12.8. The Balaban J connectivity index is 1.67. The molecule has 0 fully saturated rings. The van der Waals surface area contributed by atoms with Crippen molar-refractivity contribution in [2.45, 2.75) is 11.3 Å². The van der Waals surface area contributed by atoms with Crippen LogP contribution in [0.4, 0.5) is 5.69 Å². The largest absolute Gasteiger partial charge is 0.323 e. The van der Waals surface area contributed by atoms with E-state index in [4.69, 9.17) is 0 Å². The van der Waals surface area contributed by atoms with Crippen molar-refractivity contribution in [1.29, 1.82) is 0 Å². The molecule has 1 heterocycles. The average molecular weight is 379 g/mol. The van der Waals surface area contributed by atoms with Crippen LogP contribution in [0.25, 0.3) is 11.0 Å². The van der Waals surface area contributed by atoms with Crippen LogP contribution in [0.15, 0.2) is 82.5 Å². The fourth-order valence-electron chi connectivity index (χ4n) is 2.97. The molecule has 0 radical (unpaired) electrons. The molecule has 0 spiro atoms. The number of benzene rings is 3. The minimum absolute atomic E-state index is 0.0831. The van der Waals surface area contributed by atoms with Gasteiger partial charge in [-0.3, -0.25) is 4.72 Å². The molecule has 7 heteroatoms. The maximum Gasteiger partial charge on any atom is 0.323 e. The van der Waals surface area contributed by atoms with E-state index in [9.17, 15) is 13.2 Å². The number of aromatic amines is 2. The molecule has 0 saturated heterocycles. The number of fused-ring (bicyclic) bond motifs is 1. The fraction of sp³-hybridized carbons (Fsp3) is 0.0500. The molecule has 0 amide bonds. The average Bonchev–Trinajstić information content (AvgIpc) is 3.03. The molecule has 3 aromatic carbocycles. The van der Waals surface area contributed by atoms with E-state index >= 15 is 0 Å². The molecule has 0 aliphatic heterocycles. The van der Waals surface area contributed by atoms with Gasteiger partial charge in [-0.15, -0.1) is 0 Å². The Morgan fingerprint density at radius 1 is 0.815 bits per heavy atom. The maximum atomic E-state index is 12.8. The monoisotopic (exact) mass is 379 g/mol. The first-order valence-corrected chi connectivity index (χ1v) is 9.86. The molecule has 4 rings (SSSR count). The van der Waals surface area contributed by atoms with E-state index in [1.807, 2.05) is 42.5 Å². The molecule has 136 valence electrons. The van der Waals surface area contributed by atoms with Crippen molar-refractivity contribution < 1.29 is 8.42 Å². The van der Waals surface area contributed by atoms with Gasteiger partial charge in [0.25, 0.3) is 10.0 Å². The number of para-hydroxylation sites is 1. The van der Waals surface area contributed by atoms with Crippen LogP contribution in [0.2, 0.25) is 0 Å². The quantitative estimate of drug-likeness (QED) is 0.497. The number of hydrogen-bond acceptors (Lipinski definition) is 3. The topological polar surface area (TPSA) is 94.8 Å². The molecule has 0 aliphatic carbocycles. The molecule has 3 N–H and O–H groups in total. The second-order valence-corrected chi connectivity index (χ2v) is 7.89. The lowest BCUT2D eigenvalue weighted by molar-refractivity contribution is 0.601. The highest BCUT2D eigenvalue weighted by Gasteiger charge is 2.17. The SMILES string of the molecule is O=c1[nH]c2ccc(S(=O)(=O)Nc3ccccc3Cc3ccccc3)cc2[nH]1. The van der Waals surface area contributed by atoms with Crippen LogP contribution < -0.4 is 10.4 Å². The molecule has 27 heavy (non-hydrogen) atoms. The number of H-pyrrole nitrogens is 2. The van der Waals surface area contributed by atoms with Gasteiger partial charge in [0, 0.05) is 0 Å². The van der Waals surface area contributed by atoms with Gasteiger partial charge >= 0.3 is 5.69 Å². The van der Waals surface area contributed by atoms with E-state index in [2.05, 4.69) is 14.7 Å². The first kappa shape index (κ1) is 17.1. The van der Waals surface area contributed by atoms with Gasteiger partial charge in [-0.2, -0.15) is 0 Å². The van der Waals surface area contributed by atoms with Crippen LogP contribution in [-0.4, -0.2) is 18.4 Å². The van der Waals surface area contributed by atoms with Crippen molar-refractivity contribution >= 4 is 26.7 Å². The summed E-state index contributed by atoms with van der Waals surface area (Å²) in [5.74, 6) is 0. The summed E-state index contributed by atoms with van der Waals surface area (Å²) in [6.07, 6.45) is 0.615. The summed E-state index contributed by atoms with van der Waals surface area (Å²) in [4.78, 5) is 16.6. The minimum atomic E-state index is -3.80. The molecule has 0 aliphatic rings. The number of sulfonamides is 1. The van der Waals surface area contributed by atoms with E-state index in [1.165, 1.54) is 12.1 Å². The van der Waals surface area contributed by atoms with Gasteiger partial charge < -0.3 is 9.97 Å². The highest BCUT2D eigenvalue weighted by Crippen LogP contribution is 2.23. The van der Waals surface area contributed by atoms with Crippen molar-refractivity contribution in [1.82, 2.24) is 9.97 Å². The van der Waals surface area contributed by atoms with Crippen LogP contribution in [-0.2, 0) is 16.4 Å². The predicted octanol–water partition coefficient (Wildman–Crippen LogP) is 3.25. The summed E-state index contributed by atoms with van der Waals surface area (Å²) in [5, 5.41) is 0. The minimum Gasteiger partial charge on any atom is -0.306 e. The van der Waals surface area contributed by atoms with E-state index < -0.39 is 10.0 Å². The number of nitrogens with one attached hydrogen (secondary N) is 3. The molecule has 6 nitrogen and oxygen atoms in total. The van der Waals surface area contributed by atoms with E-state index in [0.717, 1.165) is 11.1 Å². The Bertz CT molecular complexity index is 1260. The second kappa shape index (κ2) is 6.77. The number of anilines is 1. The summed E-state index contributed by atoms with van der Waals surface area (Å²) in [6, 6.07) is 21.6. The van der Waals surface area contributed by atoms with Crippen LogP contribution in [0.3, 0.4) is 0 Å².